The lowest BCUT2D eigenvalue weighted by atomic mass is 9.78. The lowest BCUT2D eigenvalue weighted by molar-refractivity contribution is 0.221. The van der Waals surface area contributed by atoms with E-state index >= 15 is 0 Å². The second-order valence-corrected chi connectivity index (χ2v) is 4.67. The monoisotopic (exact) mass is 248 g/mol. The van der Waals surface area contributed by atoms with Gasteiger partial charge in [-0.1, -0.05) is 12.1 Å². The number of rotatable bonds is 3. The molecule has 18 heavy (non-hydrogen) atoms. The van der Waals surface area contributed by atoms with Gasteiger partial charge in [-0.25, -0.2) is 4.98 Å². The molecule has 1 fully saturated rings. The molecule has 1 aliphatic heterocycles. The van der Waals surface area contributed by atoms with E-state index in [0.29, 0.717) is 17.5 Å². The molecule has 2 aromatic rings. The van der Waals surface area contributed by atoms with Crippen LogP contribution in [0.4, 0.5) is 0 Å². The number of aromatic nitrogens is 5. The lowest BCUT2D eigenvalue weighted by Gasteiger charge is -2.33. The summed E-state index contributed by atoms with van der Waals surface area (Å²) in [5.41, 5.74) is -0.0382. The number of hydrogen-bond donors (Lipinski definition) is 2. The van der Waals surface area contributed by atoms with Crippen LogP contribution in [0.3, 0.4) is 0 Å². The maximum absolute atomic E-state index is 5.43. The molecular formula is C11H16N6O. The van der Waals surface area contributed by atoms with Crippen LogP contribution >= 0.6 is 0 Å². The van der Waals surface area contributed by atoms with Crippen molar-refractivity contribution in [2.45, 2.75) is 31.6 Å². The van der Waals surface area contributed by atoms with Crippen LogP contribution in [0.25, 0.3) is 11.6 Å². The predicted molar refractivity (Wildman–Crippen MR) is 63.7 cm³/mol. The van der Waals surface area contributed by atoms with Crippen molar-refractivity contribution in [3.63, 3.8) is 0 Å². The van der Waals surface area contributed by atoms with Gasteiger partial charge in [0.2, 0.25) is 11.7 Å². The van der Waals surface area contributed by atoms with E-state index in [-0.39, 0.29) is 5.41 Å². The highest BCUT2D eigenvalue weighted by molar-refractivity contribution is 5.40. The van der Waals surface area contributed by atoms with Crippen molar-refractivity contribution in [2.75, 3.05) is 13.1 Å². The summed E-state index contributed by atoms with van der Waals surface area (Å²) in [6, 6.07) is 0. The average molecular weight is 248 g/mol. The molecule has 1 atom stereocenters. The fourth-order valence-corrected chi connectivity index (χ4v) is 2.45. The fourth-order valence-electron chi connectivity index (χ4n) is 2.45. The number of hydrogen-bond acceptors (Lipinski definition) is 6. The Kier molecular flexibility index (Phi) is 2.83. The van der Waals surface area contributed by atoms with E-state index in [1.165, 1.54) is 6.33 Å². The normalized spacial score (nSPS) is 24.3. The molecule has 0 amide bonds. The summed E-state index contributed by atoms with van der Waals surface area (Å²) < 4.78 is 5.43. The van der Waals surface area contributed by atoms with Crippen LogP contribution in [0, 0.1) is 0 Å². The molecule has 1 aliphatic rings. The van der Waals surface area contributed by atoms with E-state index in [4.69, 9.17) is 4.52 Å². The van der Waals surface area contributed by atoms with E-state index in [1.807, 2.05) is 0 Å². The van der Waals surface area contributed by atoms with Gasteiger partial charge in [0.05, 0.1) is 5.41 Å². The SMILES string of the molecule is CCC1(c2nc(-c3ncn[nH]3)no2)CCCNC1. The zero-order valence-corrected chi connectivity index (χ0v) is 10.3. The number of nitrogens with one attached hydrogen (secondary N) is 2. The third kappa shape index (κ3) is 1.80. The summed E-state index contributed by atoms with van der Waals surface area (Å²) >= 11 is 0. The zero-order valence-electron chi connectivity index (χ0n) is 10.3. The molecule has 3 heterocycles. The Morgan fingerprint density at radius 1 is 1.50 bits per heavy atom. The summed E-state index contributed by atoms with van der Waals surface area (Å²) in [4.78, 5) is 8.49. The molecule has 0 radical (unpaired) electrons. The maximum Gasteiger partial charge on any atom is 0.239 e. The molecule has 0 spiro atoms. The minimum Gasteiger partial charge on any atom is -0.338 e. The zero-order chi connectivity index (χ0) is 12.4. The van der Waals surface area contributed by atoms with Crippen molar-refractivity contribution in [2.24, 2.45) is 0 Å². The van der Waals surface area contributed by atoms with E-state index in [1.54, 1.807) is 0 Å². The number of aromatic amines is 1. The molecule has 2 aromatic heterocycles. The minimum absolute atomic E-state index is 0.0382. The second kappa shape index (κ2) is 4.49. The average Bonchev–Trinajstić information content (AvgIpc) is 3.10. The molecule has 0 aromatic carbocycles. The first kappa shape index (κ1) is 11.3. The predicted octanol–water partition coefficient (Wildman–Crippen LogP) is 0.886. The van der Waals surface area contributed by atoms with E-state index < -0.39 is 0 Å². The Morgan fingerprint density at radius 2 is 2.44 bits per heavy atom. The molecule has 1 saturated heterocycles. The minimum atomic E-state index is -0.0382. The van der Waals surface area contributed by atoms with Crippen LogP contribution in [0.2, 0.25) is 0 Å². The highest BCUT2D eigenvalue weighted by atomic mass is 16.5. The molecule has 0 bridgehead atoms. The molecule has 96 valence electrons. The van der Waals surface area contributed by atoms with Crippen molar-refractivity contribution in [3.8, 4) is 11.6 Å². The molecule has 3 rings (SSSR count). The lowest BCUT2D eigenvalue weighted by Crippen LogP contribution is -2.43. The molecule has 0 aliphatic carbocycles. The van der Waals surface area contributed by atoms with Gasteiger partial charge >= 0.3 is 0 Å². The highest BCUT2D eigenvalue weighted by Crippen LogP contribution is 2.33. The largest absolute Gasteiger partial charge is 0.338 e. The van der Waals surface area contributed by atoms with Gasteiger partial charge in [-0.05, 0) is 25.8 Å². The number of H-pyrrole nitrogens is 1. The topological polar surface area (TPSA) is 92.5 Å². The summed E-state index contributed by atoms with van der Waals surface area (Å²) in [7, 11) is 0. The molecule has 1 unspecified atom stereocenters. The van der Waals surface area contributed by atoms with Crippen molar-refractivity contribution < 1.29 is 4.52 Å². The molecule has 7 nitrogen and oxygen atoms in total. The maximum atomic E-state index is 5.43. The van der Waals surface area contributed by atoms with Gasteiger partial charge in [0.25, 0.3) is 0 Å². The summed E-state index contributed by atoms with van der Waals surface area (Å²) in [6.45, 7) is 4.11. The van der Waals surface area contributed by atoms with Gasteiger partial charge < -0.3 is 9.84 Å². The van der Waals surface area contributed by atoms with Crippen LogP contribution in [0.15, 0.2) is 10.9 Å². The van der Waals surface area contributed by atoms with Crippen LogP contribution in [0.5, 0.6) is 0 Å². The van der Waals surface area contributed by atoms with E-state index in [9.17, 15) is 0 Å². The van der Waals surface area contributed by atoms with Gasteiger partial charge in [-0.2, -0.15) is 10.1 Å². The summed E-state index contributed by atoms with van der Waals surface area (Å²) in [5, 5.41) is 13.9. The Bertz CT molecular complexity index is 499. The van der Waals surface area contributed by atoms with Crippen molar-refractivity contribution >= 4 is 0 Å². The number of nitrogens with zero attached hydrogens (tertiary/aromatic N) is 4. The Labute approximate surface area is 104 Å². The smallest absolute Gasteiger partial charge is 0.239 e. The Morgan fingerprint density at radius 3 is 3.11 bits per heavy atom. The molecule has 2 N–H and O–H groups in total. The van der Waals surface area contributed by atoms with Gasteiger partial charge in [0.1, 0.15) is 6.33 Å². The summed E-state index contributed by atoms with van der Waals surface area (Å²) in [5.74, 6) is 1.71. The van der Waals surface area contributed by atoms with Crippen LogP contribution in [-0.2, 0) is 5.41 Å². The van der Waals surface area contributed by atoms with E-state index in [0.717, 1.165) is 32.4 Å². The third-order valence-corrected chi connectivity index (χ3v) is 3.66. The van der Waals surface area contributed by atoms with Gasteiger partial charge in [0, 0.05) is 6.54 Å². The quantitative estimate of drug-likeness (QED) is 0.837. The van der Waals surface area contributed by atoms with Crippen LogP contribution in [-0.4, -0.2) is 38.4 Å². The molecular weight excluding hydrogens is 232 g/mol. The fraction of sp³-hybridized carbons (Fsp3) is 0.636. The van der Waals surface area contributed by atoms with Crippen LogP contribution < -0.4 is 5.32 Å². The third-order valence-electron chi connectivity index (χ3n) is 3.66. The summed E-state index contributed by atoms with van der Waals surface area (Å²) in [6.07, 6.45) is 4.63. The highest BCUT2D eigenvalue weighted by Gasteiger charge is 2.37. The Hall–Kier alpha value is -1.76. The van der Waals surface area contributed by atoms with Gasteiger partial charge in [-0.3, -0.25) is 5.10 Å². The van der Waals surface area contributed by atoms with Crippen LogP contribution in [0.1, 0.15) is 32.1 Å². The first-order valence-corrected chi connectivity index (χ1v) is 6.25. The molecule has 7 heteroatoms. The van der Waals surface area contributed by atoms with Crippen molar-refractivity contribution in [3.05, 3.63) is 12.2 Å². The second-order valence-electron chi connectivity index (χ2n) is 4.67. The molecule has 0 saturated carbocycles. The van der Waals surface area contributed by atoms with Crippen molar-refractivity contribution in [1.29, 1.82) is 0 Å². The first-order chi connectivity index (χ1) is 8.84. The number of piperidine rings is 1. The van der Waals surface area contributed by atoms with Gasteiger partial charge in [0.15, 0.2) is 5.82 Å². The first-order valence-electron chi connectivity index (χ1n) is 6.25. The Balaban J connectivity index is 1.92. The standard InChI is InChI=1S/C11H16N6O/c1-2-11(4-3-5-12-6-11)10-15-9(17-18-10)8-13-7-14-16-8/h7,12H,2-6H2,1H3,(H,13,14,16). The van der Waals surface area contributed by atoms with Crippen molar-refractivity contribution in [1.82, 2.24) is 30.6 Å². The van der Waals surface area contributed by atoms with Gasteiger partial charge in [-0.15, -0.1) is 0 Å². The van der Waals surface area contributed by atoms with E-state index in [2.05, 4.69) is 37.6 Å².